The summed E-state index contributed by atoms with van der Waals surface area (Å²) in [6.45, 7) is 3.10. The minimum Gasteiger partial charge on any atom is -0.305 e. The monoisotopic (exact) mass is 305 g/mol. The van der Waals surface area contributed by atoms with Crippen molar-refractivity contribution in [2.75, 3.05) is 6.54 Å². The van der Waals surface area contributed by atoms with Gasteiger partial charge in [-0.1, -0.05) is 13.0 Å². The molecule has 0 saturated heterocycles. The molecule has 1 N–H and O–H groups in total. The number of pyridine rings is 2. The third-order valence-corrected chi connectivity index (χ3v) is 3.35. The molecule has 3 nitrogen and oxygen atoms in total. The van der Waals surface area contributed by atoms with Crippen LogP contribution < -0.4 is 5.32 Å². The first-order valence-corrected chi connectivity index (χ1v) is 6.86. The van der Waals surface area contributed by atoms with Gasteiger partial charge in [0.15, 0.2) is 0 Å². The van der Waals surface area contributed by atoms with E-state index < -0.39 is 0 Å². The van der Waals surface area contributed by atoms with Crippen molar-refractivity contribution < 1.29 is 0 Å². The van der Waals surface area contributed by atoms with Crippen LogP contribution >= 0.6 is 15.9 Å². The van der Waals surface area contributed by atoms with E-state index in [9.17, 15) is 0 Å². The summed E-state index contributed by atoms with van der Waals surface area (Å²) in [5.41, 5.74) is 2.13. The van der Waals surface area contributed by atoms with Crippen LogP contribution in [0.5, 0.6) is 0 Å². The van der Waals surface area contributed by atoms with Gasteiger partial charge in [0.05, 0.1) is 11.7 Å². The van der Waals surface area contributed by atoms with Gasteiger partial charge in [0.25, 0.3) is 0 Å². The zero-order valence-electron chi connectivity index (χ0n) is 10.3. The highest BCUT2D eigenvalue weighted by atomic mass is 79.9. The molecule has 0 aliphatic rings. The molecule has 2 aromatic heterocycles. The maximum atomic E-state index is 4.47. The molecular formula is C14H16BrN3. The van der Waals surface area contributed by atoms with Gasteiger partial charge in [-0.15, -0.1) is 0 Å². The zero-order chi connectivity index (χ0) is 12.8. The van der Waals surface area contributed by atoms with Crippen LogP contribution in [0.15, 0.2) is 47.3 Å². The van der Waals surface area contributed by atoms with Crippen molar-refractivity contribution in [3.05, 3.63) is 58.6 Å². The minimum atomic E-state index is 0.0780. The fraction of sp³-hybridized carbons (Fsp3) is 0.286. The van der Waals surface area contributed by atoms with Crippen LogP contribution in [0.1, 0.15) is 30.6 Å². The molecule has 2 heterocycles. The van der Waals surface area contributed by atoms with E-state index in [1.807, 2.05) is 30.6 Å². The summed E-state index contributed by atoms with van der Waals surface area (Å²) in [5.74, 6) is 0. The van der Waals surface area contributed by atoms with E-state index in [0.717, 1.165) is 28.7 Å². The van der Waals surface area contributed by atoms with Gasteiger partial charge in [-0.05, 0) is 52.7 Å². The second-order valence-electron chi connectivity index (χ2n) is 4.04. The lowest BCUT2D eigenvalue weighted by Gasteiger charge is -2.19. The third kappa shape index (κ3) is 3.15. The van der Waals surface area contributed by atoms with Gasteiger partial charge in [-0.25, -0.2) is 0 Å². The Kier molecular flexibility index (Phi) is 4.84. The molecule has 0 spiro atoms. The summed E-state index contributed by atoms with van der Waals surface area (Å²) in [4.78, 5) is 8.66. The van der Waals surface area contributed by atoms with Gasteiger partial charge >= 0.3 is 0 Å². The topological polar surface area (TPSA) is 37.8 Å². The lowest BCUT2D eigenvalue weighted by Crippen LogP contribution is -2.24. The summed E-state index contributed by atoms with van der Waals surface area (Å²) < 4.78 is 1.02. The number of aromatic nitrogens is 2. The number of hydrogen-bond acceptors (Lipinski definition) is 3. The van der Waals surface area contributed by atoms with Crippen molar-refractivity contribution in [3.63, 3.8) is 0 Å². The first-order valence-electron chi connectivity index (χ1n) is 6.06. The highest BCUT2D eigenvalue weighted by Crippen LogP contribution is 2.25. The van der Waals surface area contributed by atoms with Gasteiger partial charge in [0.1, 0.15) is 0 Å². The van der Waals surface area contributed by atoms with Gasteiger partial charge in [-0.2, -0.15) is 0 Å². The Labute approximate surface area is 116 Å². The molecule has 18 heavy (non-hydrogen) atoms. The predicted octanol–water partition coefficient (Wildman–Crippen LogP) is 3.33. The second-order valence-corrected chi connectivity index (χ2v) is 4.90. The zero-order valence-corrected chi connectivity index (χ0v) is 11.9. The van der Waals surface area contributed by atoms with Crippen LogP contribution in [0.25, 0.3) is 0 Å². The van der Waals surface area contributed by atoms with E-state index in [1.54, 1.807) is 6.20 Å². The standard InChI is InChI=1S/C14H16BrN3/c1-2-7-17-13(11-5-3-8-16-10-11)14-12(15)6-4-9-18-14/h3-6,8-10,13,17H,2,7H2,1H3. The molecule has 0 aliphatic heterocycles. The Morgan fingerprint density at radius 3 is 2.78 bits per heavy atom. The van der Waals surface area contributed by atoms with E-state index in [4.69, 9.17) is 0 Å². The number of hydrogen-bond donors (Lipinski definition) is 1. The largest absolute Gasteiger partial charge is 0.305 e. The minimum absolute atomic E-state index is 0.0780. The molecule has 0 radical (unpaired) electrons. The summed E-state index contributed by atoms with van der Waals surface area (Å²) in [5, 5.41) is 3.51. The van der Waals surface area contributed by atoms with Gasteiger partial charge < -0.3 is 5.32 Å². The Morgan fingerprint density at radius 2 is 2.11 bits per heavy atom. The number of halogens is 1. The summed E-state index contributed by atoms with van der Waals surface area (Å²) >= 11 is 3.56. The van der Waals surface area contributed by atoms with Crippen molar-refractivity contribution in [1.82, 2.24) is 15.3 Å². The predicted molar refractivity (Wildman–Crippen MR) is 76.3 cm³/mol. The maximum Gasteiger partial charge on any atom is 0.0777 e. The molecular weight excluding hydrogens is 290 g/mol. The van der Waals surface area contributed by atoms with Gasteiger partial charge in [-0.3, -0.25) is 9.97 Å². The van der Waals surface area contributed by atoms with Crippen LogP contribution in [-0.4, -0.2) is 16.5 Å². The molecule has 2 aromatic rings. The summed E-state index contributed by atoms with van der Waals surface area (Å²) in [6, 6.07) is 8.04. The Balaban J connectivity index is 2.34. The Morgan fingerprint density at radius 1 is 1.28 bits per heavy atom. The smallest absolute Gasteiger partial charge is 0.0777 e. The molecule has 0 fully saturated rings. The van der Waals surface area contributed by atoms with Crippen molar-refractivity contribution >= 4 is 15.9 Å². The van der Waals surface area contributed by atoms with Crippen molar-refractivity contribution in [2.24, 2.45) is 0 Å². The van der Waals surface area contributed by atoms with E-state index in [0.29, 0.717) is 0 Å². The molecule has 2 rings (SSSR count). The van der Waals surface area contributed by atoms with Gasteiger partial charge in [0, 0.05) is 23.1 Å². The van der Waals surface area contributed by atoms with Crippen LogP contribution in [-0.2, 0) is 0 Å². The van der Waals surface area contributed by atoms with Crippen LogP contribution in [0.3, 0.4) is 0 Å². The quantitative estimate of drug-likeness (QED) is 0.921. The van der Waals surface area contributed by atoms with E-state index in [1.165, 1.54) is 0 Å². The Hall–Kier alpha value is -1.26. The van der Waals surface area contributed by atoms with Crippen molar-refractivity contribution in [1.29, 1.82) is 0 Å². The third-order valence-electron chi connectivity index (χ3n) is 2.68. The summed E-state index contributed by atoms with van der Waals surface area (Å²) in [6.07, 6.45) is 6.57. The fourth-order valence-corrected chi connectivity index (χ4v) is 2.30. The normalized spacial score (nSPS) is 12.3. The average molecular weight is 306 g/mol. The molecule has 94 valence electrons. The Bertz CT molecular complexity index is 487. The van der Waals surface area contributed by atoms with E-state index in [2.05, 4.69) is 44.2 Å². The SMILES string of the molecule is CCCNC(c1cccnc1)c1ncccc1Br. The molecule has 0 bridgehead atoms. The number of nitrogens with zero attached hydrogens (tertiary/aromatic N) is 2. The lowest BCUT2D eigenvalue weighted by atomic mass is 10.1. The fourth-order valence-electron chi connectivity index (χ4n) is 1.82. The van der Waals surface area contributed by atoms with E-state index >= 15 is 0 Å². The molecule has 0 aromatic carbocycles. The molecule has 1 unspecified atom stereocenters. The molecule has 0 amide bonds. The van der Waals surface area contributed by atoms with Gasteiger partial charge in [0.2, 0.25) is 0 Å². The number of nitrogens with one attached hydrogen (secondary N) is 1. The van der Waals surface area contributed by atoms with Crippen molar-refractivity contribution in [2.45, 2.75) is 19.4 Å². The number of rotatable bonds is 5. The van der Waals surface area contributed by atoms with E-state index in [-0.39, 0.29) is 6.04 Å². The lowest BCUT2D eigenvalue weighted by molar-refractivity contribution is 0.583. The highest BCUT2D eigenvalue weighted by Gasteiger charge is 2.17. The highest BCUT2D eigenvalue weighted by molar-refractivity contribution is 9.10. The maximum absolute atomic E-state index is 4.47. The van der Waals surface area contributed by atoms with Crippen LogP contribution in [0, 0.1) is 0 Å². The molecule has 0 saturated carbocycles. The van der Waals surface area contributed by atoms with Crippen LogP contribution in [0.4, 0.5) is 0 Å². The summed E-state index contributed by atoms with van der Waals surface area (Å²) in [7, 11) is 0. The average Bonchev–Trinajstić information content (AvgIpc) is 2.42. The first kappa shape index (κ1) is 13.2. The molecule has 0 aliphatic carbocycles. The first-order chi connectivity index (χ1) is 8.83. The molecule has 1 atom stereocenters. The second kappa shape index (κ2) is 6.61. The van der Waals surface area contributed by atoms with Crippen molar-refractivity contribution in [3.8, 4) is 0 Å². The molecule has 4 heteroatoms. The van der Waals surface area contributed by atoms with Crippen LogP contribution in [0.2, 0.25) is 0 Å².